The fourth-order valence-electron chi connectivity index (χ4n) is 3.97. The van der Waals surface area contributed by atoms with Crippen LogP contribution in [0, 0.1) is 11.8 Å². The molecule has 0 spiro atoms. The first-order valence-corrected chi connectivity index (χ1v) is 9.53. The van der Waals surface area contributed by atoms with Gasteiger partial charge < -0.3 is 15.0 Å². The molecule has 26 heavy (non-hydrogen) atoms. The highest BCUT2D eigenvalue weighted by Gasteiger charge is 2.29. The summed E-state index contributed by atoms with van der Waals surface area (Å²) in [6.07, 6.45) is 5.79. The van der Waals surface area contributed by atoms with Gasteiger partial charge in [0.2, 0.25) is 5.91 Å². The largest absolute Gasteiger partial charge is 0.381 e. The molecule has 5 heteroatoms. The minimum Gasteiger partial charge on any atom is -0.381 e. The fourth-order valence-corrected chi connectivity index (χ4v) is 3.97. The molecule has 1 aromatic carbocycles. The van der Waals surface area contributed by atoms with E-state index in [1.54, 1.807) is 0 Å². The van der Waals surface area contributed by atoms with Gasteiger partial charge in [-0.05, 0) is 61.3 Å². The summed E-state index contributed by atoms with van der Waals surface area (Å²) >= 11 is 0. The molecule has 2 fully saturated rings. The van der Waals surface area contributed by atoms with Gasteiger partial charge >= 0.3 is 0 Å². The van der Waals surface area contributed by atoms with Crippen LogP contribution in [0.2, 0.25) is 0 Å². The van der Waals surface area contributed by atoms with Gasteiger partial charge in [-0.2, -0.15) is 0 Å². The molecule has 5 nitrogen and oxygen atoms in total. The Morgan fingerprint density at radius 1 is 1.08 bits per heavy atom. The van der Waals surface area contributed by atoms with Gasteiger partial charge in [-0.3, -0.25) is 9.59 Å². The first kappa shape index (κ1) is 18.6. The van der Waals surface area contributed by atoms with Crippen molar-refractivity contribution in [2.24, 2.45) is 11.8 Å². The van der Waals surface area contributed by atoms with Crippen LogP contribution in [-0.4, -0.2) is 43.0 Å². The first-order valence-electron chi connectivity index (χ1n) is 9.53. The number of nitrogens with zero attached hydrogens (tertiary/aromatic N) is 1. The molecule has 2 aliphatic rings. The summed E-state index contributed by atoms with van der Waals surface area (Å²) in [5, 5.41) is 2.74. The molecule has 2 saturated heterocycles. The lowest BCUT2D eigenvalue weighted by molar-refractivity contribution is -0.116. The Labute approximate surface area is 155 Å². The Bertz CT molecular complexity index is 627. The van der Waals surface area contributed by atoms with E-state index in [0.717, 1.165) is 56.5 Å². The van der Waals surface area contributed by atoms with E-state index in [1.165, 1.54) is 18.9 Å². The van der Waals surface area contributed by atoms with Crippen LogP contribution in [0.4, 0.5) is 0 Å². The number of amides is 2. The highest BCUT2D eigenvalue weighted by atomic mass is 16.5. The molecular formula is C21H28N2O3. The van der Waals surface area contributed by atoms with Gasteiger partial charge in [-0.15, -0.1) is 0 Å². The number of hydrogen-bond acceptors (Lipinski definition) is 3. The molecule has 0 aliphatic carbocycles. The van der Waals surface area contributed by atoms with Gasteiger partial charge in [-0.25, -0.2) is 0 Å². The van der Waals surface area contributed by atoms with Crippen molar-refractivity contribution >= 4 is 11.8 Å². The summed E-state index contributed by atoms with van der Waals surface area (Å²) in [4.78, 5) is 25.9. The number of rotatable bonds is 5. The van der Waals surface area contributed by atoms with Crippen LogP contribution in [0.1, 0.15) is 41.6 Å². The maximum Gasteiger partial charge on any atom is 0.253 e. The molecule has 140 valence electrons. The summed E-state index contributed by atoms with van der Waals surface area (Å²) in [6.45, 7) is 7.34. The van der Waals surface area contributed by atoms with E-state index in [2.05, 4.69) is 11.9 Å². The van der Waals surface area contributed by atoms with Crippen LogP contribution >= 0.6 is 0 Å². The van der Waals surface area contributed by atoms with E-state index in [0.29, 0.717) is 12.1 Å². The van der Waals surface area contributed by atoms with Crippen molar-refractivity contribution in [1.29, 1.82) is 0 Å². The second kappa shape index (κ2) is 8.99. The predicted octanol–water partition coefficient (Wildman–Crippen LogP) is 2.77. The van der Waals surface area contributed by atoms with Crippen LogP contribution in [0.5, 0.6) is 0 Å². The van der Waals surface area contributed by atoms with Crippen molar-refractivity contribution in [1.82, 2.24) is 10.2 Å². The lowest BCUT2D eigenvalue weighted by Crippen LogP contribution is -2.40. The quantitative estimate of drug-likeness (QED) is 0.826. The Balaban J connectivity index is 1.50. The number of likely N-dealkylation sites (tertiary alicyclic amines) is 1. The summed E-state index contributed by atoms with van der Waals surface area (Å²) < 4.78 is 5.46. The SMILES string of the molecule is C=CC(=O)NCc1ccc(C(=O)N2CCC(C3CCOCC3)CC2)cc1. The van der Waals surface area contributed by atoms with Crippen LogP contribution in [0.15, 0.2) is 36.9 Å². The number of carbonyl (C=O) groups excluding carboxylic acids is 2. The molecule has 1 N–H and O–H groups in total. The summed E-state index contributed by atoms with van der Waals surface area (Å²) in [5.41, 5.74) is 1.68. The van der Waals surface area contributed by atoms with Crippen LogP contribution in [-0.2, 0) is 16.1 Å². The molecule has 2 amide bonds. The number of ether oxygens (including phenoxy) is 1. The van der Waals surface area contributed by atoms with Crippen molar-refractivity contribution in [3.8, 4) is 0 Å². The smallest absolute Gasteiger partial charge is 0.253 e. The molecule has 0 saturated carbocycles. The minimum absolute atomic E-state index is 0.108. The van der Waals surface area contributed by atoms with Gasteiger partial charge in [0.15, 0.2) is 0 Å². The zero-order valence-electron chi connectivity index (χ0n) is 15.3. The van der Waals surface area contributed by atoms with Gasteiger partial charge in [-0.1, -0.05) is 18.7 Å². The van der Waals surface area contributed by atoms with Crippen molar-refractivity contribution < 1.29 is 14.3 Å². The van der Waals surface area contributed by atoms with Gasteiger partial charge in [0.05, 0.1) is 0 Å². The maximum atomic E-state index is 12.7. The number of benzene rings is 1. The average Bonchev–Trinajstić information content (AvgIpc) is 2.72. The molecule has 0 aromatic heterocycles. The number of nitrogens with one attached hydrogen (secondary N) is 1. The van der Waals surface area contributed by atoms with Crippen molar-refractivity contribution in [3.63, 3.8) is 0 Å². The third kappa shape index (κ3) is 4.73. The van der Waals surface area contributed by atoms with Crippen molar-refractivity contribution in [3.05, 3.63) is 48.0 Å². The lowest BCUT2D eigenvalue weighted by Gasteiger charge is -2.37. The van der Waals surface area contributed by atoms with E-state index < -0.39 is 0 Å². The van der Waals surface area contributed by atoms with Crippen LogP contribution in [0.25, 0.3) is 0 Å². The zero-order chi connectivity index (χ0) is 18.4. The Morgan fingerprint density at radius 2 is 1.69 bits per heavy atom. The van der Waals surface area contributed by atoms with E-state index in [1.807, 2.05) is 29.2 Å². The lowest BCUT2D eigenvalue weighted by atomic mass is 9.80. The van der Waals surface area contributed by atoms with Crippen LogP contribution < -0.4 is 5.32 Å². The molecule has 1 aromatic rings. The summed E-state index contributed by atoms with van der Waals surface area (Å²) in [5.74, 6) is 1.42. The topological polar surface area (TPSA) is 58.6 Å². The number of hydrogen-bond donors (Lipinski definition) is 1. The zero-order valence-corrected chi connectivity index (χ0v) is 15.3. The second-order valence-electron chi connectivity index (χ2n) is 7.20. The van der Waals surface area contributed by atoms with Gasteiger partial charge in [0.25, 0.3) is 5.91 Å². The fraction of sp³-hybridized carbons (Fsp3) is 0.524. The van der Waals surface area contributed by atoms with E-state index in [9.17, 15) is 9.59 Å². The molecule has 2 aliphatic heterocycles. The van der Waals surface area contributed by atoms with E-state index >= 15 is 0 Å². The molecule has 0 radical (unpaired) electrons. The Hall–Kier alpha value is -2.14. The summed E-state index contributed by atoms with van der Waals surface area (Å²) in [7, 11) is 0. The van der Waals surface area contributed by atoms with E-state index in [4.69, 9.17) is 4.74 Å². The highest BCUT2D eigenvalue weighted by molar-refractivity contribution is 5.94. The molecule has 0 unspecified atom stereocenters. The third-order valence-electron chi connectivity index (χ3n) is 5.61. The first-order chi connectivity index (χ1) is 12.7. The van der Waals surface area contributed by atoms with Gasteiger partial charge in [0.1, 0.15) is 0 Å². The van der Waals surface area contributed by atoms with Crippen molar-refractivity contribution in [2.75, 3.05) is 26.3 Å². The Kier molecular flexibility index (Phi) is 6.45. The summed E-state index contributed by atoms with van der Waals surface area (Å²) in [6, 6.07) is 7.49. The normalized spacial score (nSPS) is 19.2. The van der Waals surface area contributed by atoms with Crippen molar-refractivity contribution in [2.45, 2.75) is 32.2 Å². The molecule has 0 bridgehead atoms. The Morgan fingerprint density at radius 3 is 2.31 bits per heavy atom. The van der Waals surface area contributed by atoms with E-state index in [-0.39, 0.29) is 11.8 Å². The van der Waals surface area contributed by atoms with Gasteiger partial charge in [0, 0.05) is 38.4 Å². The minimum atomic E-state index is -0.197. The molecule has 0 atom stereocenters. The second-order valence-corrected chi connectivity index (χ2v) is 7.20. The molecule has 3 rings (SSSR count). The predicted molar refractivity (Wildman–Crippen MR) is 101 cm³/mol. The monoisotopic (exact) mass is 356 g/mol. The maximum absolute atomic E-state index is 12.7. The molecular weight excluding hydrogens is 328 g/mol. The third-order valence-corrected chi connectivity index (χ3v) is 5.61. The molecule has 2 heterocycles. The average molecular weight is 356 g/mol. The highest BCUT2D eigenvalue weighted by Crippen LogP contribution is 2.32. The standard InChI is InChI=1S/C21H28N2O3/c1-2-20(24)22-15-16-3-5-19(6-4-16)21(25)23-11-7-17(8-12-23)18-9-13-26-14-10-18/h2-6,17-18H,1,7-15H2,(H,22,24). The van der Waals surface area contributed by atoms with Crippen LogP contribution in [0.3, 0.4) is 0 Å². The number of carbonyl (C=O) groups is 2. The number of piperidine rings is 1.